The van der Waals surface area contributed by atoms with Crippen LogP contribution >= 0.6 is 0 Å². The smallest absolute Gasteiger partial charge is 0.307 e. The number of piperidine rings is 1. The molecule has 5 heteroatoms. The Morgan fingerprint density at radius 2 is 1.86 bits per heavy atom. The van der Waals surface area contributed by atoms with Crippen molar-refractivity contribution in [3.63, 3.8) is 0 Å². The fraction of sp³-hybridized carbons (Fsp3) is 0.500. The largest absolute Gasteiger partial charge is 0.328 e. The normalized spacial score (nSPS) is 16.4. The van der Waals surface area contributed by atoms with Crippen molar-refractivity contribution in [2.45, 2.75) is 32.7 Å². The molecule has 2 heterocycles. The maximum atomic E-state index is 12.5. The standard InChI is InChI=1S/C16H21N3O2/c1-12-5-6-14-13(11-12)15(20)19(16(21)17-14)10-9-18-7-3-2-4-8-18/h5-6,11H,2-4,7-10H2,1H3,(H,17,21). The fourth-order valence-electron chi connectivity index (χ4n) is 2.99. The zero-order valence-electron chi connectivity index (χ0n) is 12.4. The van der Waals surface area contributed by atoms with Crippen LogP contribution in [0.5, 0.6) is 0 Å². The number of benzene rings is 1. The second-order valence-corrected chi connectivity index (χ2v) is 5.84. The minimum atomic E-state index is -0.312. The number of nitrogens with one attached hydrogen (secondary N) is 1. The van der Waals surface area contributed by atoms with Crippen molar-refractivity contribution < 1.29 is 0 Å². The van der Waals surface area contributed by atoms with Crippen LogP contribution in [0.3, 0.4) is 0 Å². The van der Waals surface area contributed by atoms with Gasteiger partial charge in [0.15, 0.2) is 0 Å². The maximum Gasteiger partial charge on any atom is 0.328 e. The summed E-state index contributed by atoms with van der Waals surface area (Å²) in [4.78, 5) is 29.7. The van der Waals surface area contributed by atoms with Crippen LogP contribution in [0.4, 0.5) is 0 Å². The Balaban J connectivity index is 1.90. The van der Waals surface area contributed by atoms with Gasteiger partial charge in [-0.15, -0.1) is 0 Å². The van der Waals surface area contributed by atoms with Gasteiger partial charge in [-0.1, -0.05) is 18.1 Å². The second-order valence-electron chi connectivity index (χ2n) is 5.84. The number of nitrogens with zero attached hydrogens (tertiary/aromatic N) is 2. The third-order valence-corrected chi connectivity index (χ3v) is 4.23. The number of aromatic amines is 1. The first-order valence-electron chi connectivity index (χ1n) is 7.61. The molecule has 0 amide bonds. The zero-order valence-corrected chi connectivity index (χ0v) is 12.4. The van der Waals surface area contributed by atoms with E-state index in [0.29, 0.717) is 17.4 Å². The highest BCUT2D eigenvalue weighted by atomic mass is 16.2. The average molecular weight is 287 g/mol. The van der Waals surface area contributed by atoms with Crippen molar-refractivity contribution in [2.75, 3.05) is 19.6 Å². The second kappa shape index (κ2) is 5.85. The number of aryl methyl sites for hydroxylation is 1. The highest BCUT2D eigenvalue weighted by molar-refractivity contribution is 5.77. The van der Waals surface area contributed by atoms with Crippen molar-refractivity contribution in [2.24, 2.45) is 0 Å². The quantitative estimate of drug-likeness (QED) is 0.930. The van der Waals surface area contributed by atoms with E-state index in [1.165, 1.54) is 23.8 Å². The molecule has 3 rings (SSSR count). The SMILES string of the molecule is Cc1ccc2[nH]c(=O)n(CCN3CCCCC3)c(=O)c2c1. The molecule has 1 aromatic carbocycles. The molecule has 0 saturated carbocycles. The summed E-state index contributed by atoms with van der Waals surface area (Å²) in [6.45, 7) is 5.30. The van der Waals surface area contributed by atoms with E-state index >= 15 is 0 Å². The number of hydrogen-bond donors (Lipinski definition) is 1. The fourth-order valence-corrected chi connectivity index (χ4v) is 2.99. The summed E-state index contributed by atoms with van der Waals surface area (Å²) in [6.07, 6.45) is 3.70. The van der Waals surface area contributed by atoms with E-state index in [9.17, 15) is 9.59 Å². The van der Waals surface area contributed by atoms with Gasteiger partial charge < -0.3 is 9.88 Å². The van der Waals surface area contributed by atoms with Crippen LogP contribution in [-0.2, 0) is 6.54 Å². The van der Waals surface area contributed by atoms with Gasteiger partial charge in [-0.3, -0.25) is 9.36 Å². The Morgan fingerprint density at radius 1 is 1.10 bits per heavy atom. The summed E-state index contributed by atoms with van der Waals surface area (Å²) < 4.78 is 1.33. The molecule has 0 aliphatic carbocycles. The Kier molecular flexibility index (Phi) is 3.92. The summed E-state index contributed by atoms with van der Waals surface area (Å²) >= 11 is 0. The molecule has 1 aliphatic rings. The Bertz CT molecular complexity index is 754. The summed E-state index contributed by atoms with van der Waals surface area (Å²) in [5.41, 5.74) is 1.14. The Labute approximate surface area is 123 Å². The van der Waals surface area contributed by atoms with E-state index in [0.717, 1.165) is 25.2 Å². The molecule has 0 unspecified atom stereocenters. The molecule has 1 fully saturated rings. The van der Waals surface area contributed by atoms with Gasteiger partial charge in [-0.2, -0.15) is 0 Å². The lowest BCUT2D eigenvalue weighted by Crippen LogP contribution is -2.40. The van der Waals surface area contributed by atoms with Gasteiger partial charge in [0.25, 0.3) is 5.56 Å². The van der Waals surface area contributed by atoms with Crippen LogP contribution in [0.15, 0.2) is 27.8 Å². The number of H-pyrrole nitrogens is 1. The minimum Gasteiger partial charge on any atom is -0.307 e. The van der Waals surface area contributed by atoms with Crippen molar-refractivity contribution in [3.05, 3.63) is 44.6 Å². The lowest BCUT2D eigenvalue weighted by atomic mass is 10.1. The van der Waals surface area contributed by atoms with Gasteiger partial charge >= 0.3 is 5.69 Å². The first kappa shape index (κ1) is 14.1. The van der Waals surface area contributed by atoms with Crippen molar-refractivity contribution in [1.82, 2.24) is 14.5 Å². The number of hydrogen-bond acceptors (Lipinski definition) is 3. The molecule has 0 spiro atoms. The van der Waals surface area contributed by atoms with Gasteiger partial charge in [0, 0.05) is 13.1 Å². The van der Waals surface area contributed by atoms with Gasteiger partial charge in [0.2, 0.25) is 0 Å². The molecule has 1 aromatic heterocycles. The van der Waals surface area contributed by atoms with E-state index < -0.39 is 0 Å². The van der Waals surface area contributed by atoms with Gasteiger partial charge in [-0.05, 0) is 45.0 Å². The molecular formula is C16H21N3O2. The summed E-state index contributed by atoms with van der Waals surface area (Å²) in [5.74, 6) is 0. The van der Waals surface area contributed by atoms with Crippen LogP contribution in [-0.4, -0.2) is 34.1 Å². The van der Waals surface area contributed by atoms with Gasteiger partial charge in [0.05, 0.1) is 10.9 Å². The Hall–Kier alpha value is -1.88. The predicted molar refractivity (Wildman–Crippen MR) is 83.9 cm³/mol. The van der Waals surface area contributed by atoms with E-state index in [-0.39, 0.29) is 11.2 Å². The van der Waals surface area contributed by atoms with E-state index in [1.807, 2.05) is 19.1 Å². The molecule has 1 aliphatic heterocycles. The van der Waals surface area contributed by atoms with Crippen molar-refractivity contribution in [3.8, 4) is 0 Å². The number of fused-ring (bicyclic) bond motifs is 1. The van der Waals surface area contributed by atoms with E-state index in [2.05, 4.69) is 9.88 Å². The topological polar surface area (TPSA) is 58.1 Å². The molecule has 5 nitrogen and oxygen atoms in total. The number of likely N-dealkylation sites (tertiary alicyclic amines) is 1. The first-order valence-corrected chi connectivity index (χ1v) is 7.61. The lowest BCUT2D eigenvalue weighted by molar-refractivity contribution is 0.219. The van der Waals surface area contributed by atoms with E-state index in [1.54, 1.807) is 6.07 Å². The highest BCUT2D eigenvalue weighted by Gasteiger charge is 2.12. The van der Waals surface area contributed by atoms with Crippen LogP contribution in [0, 0.1) is 6.92 Å². The van der Waals surface area contributed by atoms with Gasteiger partial charge in [-0.25, -0.2) is 4.79 Å². The van der Waals surface area contributed by atoms with Crippen molar-refractivity contribution in [1.29, 1.82) is 0 Å². The monoisotopic (exact) mass is 287 g/mol. The third kappa shape index (κ3) is 2.93. The molecule has 1 saturated heterocycles. The average Bonchev–Trinajstić information content (AvgIpc) is 2.49. The first-order chi connectivity index (χ1) is 10.1. The van der Waals surface area contributed by atoms with Crippen LogP contribution in [0.1, 0.15) is 24.8 Å². The summed E-state index contributed by atoms with van der Waals surface area (Å²) in [6, 6.07) is 5.53. The number of rotatable bonds is 3. The Morgan fingerprint density at radius 3 is 2.62 bits per heavy atom. The number of aromatic nitrogens is 2. The molecule has 1 N–H and O–H groups in total. The minimum absolute atomic E-state index is 0.186. The molecule has 0 atom stereocenters. The molecule has 21 heavy (non-hydrogen) atoms. The molecule has 2 aromatic rings. The highest BCUT2D eigenvalue weighted by Crippen LogP contribution is 2.09. The van der Waals surface area contributed by atoms with Crippen LogP contribution in [0.25, 0.3) is 10.9 Å². The maximum absolute atomic E-state index is 12.5. The van der Waals surface area contributed by atoms with Crippen LogP contribution < -0.4 is 11.2 Å². The molecule has 0 bridgehead atoms. The van der Waals surface area contributed by atoms with E-state index in [4.69, 9.17) is 0 Å². The molecular weight excluding hydrogens is 266 g/mol. The summed E-state index contributed by atoms with van der Waals surface area (Å²) in [7, 11) is 0. The lowest BCUT2D eigenvalue weighted by Gasteiger charge is -2.26. The predicted octanol–water partition coefficient (Wildman–Crippen LogP) is 1.48. The molecule has 0 radical (unpaired) electrons. The third-order valence-electron chi connectivity index (χ3n) is 4.23. The molecule has 112 valence electrons. The summed E-state index contributed by atoms with van der Waals surface area (Å²) in [5, 5.41) is 0.591. The van der Waals surface area contributed by atoms with Crippen LogP contribution in [0.2, 0.25) is 0 Å². The zero-order chi connectivity index (χ0) is 14.8. The van der Waals surface area contributed by atoms with Crippen molar-refractivity contribution >= 4 is 10.9 Å². The van der Waals surface area contributed by atoms with Gasteiger partial charge in [0.1, 0.15) is 0 Å².